The van der Waals surface area contributed by atoms with E-state index in [4.69, 9.17) is 0 Å². The van der Waals surface area contributed by atoms with Crippen LogP contribution in [0.1, 0.15) is 31.8 Å². The summed E-state index contributed by atoms with van der Waals surface area (Å²) in [4.78, 5) is 23.9. The van der Waals surface area contributed by atoms with E-state index in [2.05, 4.69) is 0 Å². The van der Waals surface area contributed by atoms with Gasteiger partial charge in [0.2, 0.25) is 0 Å². The van der Waals surface area contributed by atoms with E-state index in [-0.39, 0.29) is 5.56 Å². The molecule has 25 heavy (non-hydrogen) atoms. The Balaban J connectivity index is 2.18. The van der Waals surface area contributed by atoms with Crippen LogP contribution >= 0.6 is 22.6 Å². The predicted octanol–water partition coefficient (Wildman–Crippen LogP) is 3.83. The van der Waals surface area contributed by atoms with Crippen LogP contribution in [0.4, 0.5) is 17.6 Å². The van der Waals surface area contributed by atoms with Gasteiger partial charge in [-0.1, -0.05) is 12.1 Å². The molecule has 0 saturated carbocycles. The summed E-state index contributed by atoms with van der Waals surface area (Å²) in [5.41, 5.74) is 2.29. The Bertz CT molecular complexity index is 837. The molecule has 2 aromatic rings. The van der Waals surface area contributed by atoms with Crippen LogP contribution in [0.25, 0.3) is 0 Å². The first-order chi connectivity index (χ1) is 11.6. The van der Waals surface area contributed by atoms with Crippen LogP contribution in [0.2, 0.25) is 0 Å². The van der Waals surface area contributed by atoms with Gasteiger partial charge in [-0.2, -0.15) is 13.2 Å². The molecule has 0 saturated heterocycles. The summed E-state index contributed by atoms with van der Waals surface area (Å²) in [7, 11) is 0. The van der Waals surface area contributed by atoms with Crippen LogP contribution in [-0.2, 0) is 6.18 Å². The number of nitrogens with one attached hydrogen (secondary N) is 2. The topological polar surface area (TPSA) is 58.2 Å². The molecule has 2 rings (SSSR count). The number of amides is 2. The lowest BCUT2D eigenvalue weighted by atomic mass is 10.1. The number of hydrogen-bond donors (Lipinski definition) is 2. The zero-order valence-electron chi connectivity index (χ0n) is 12.7. The van der Waals surface area contributed by atoms with E-state index in [1.165, 1.54) is 6.07 Å². The van der Waals surface area contributed by atoms with Gasteiger partial charge in [-0.3, -0.25) is 20.4 Å². The Morgan fingerprint density at radius 2 is 1.68 bits per heavy atom. The fraction of sp³-hybridized carbons (Fsp3) is 0.125. The number of hydrogen-bond acceptors (Lipinski definition) is 2. The molecule has 0 fully saturated rings. The van der Waals surface area contributed by atoms with Crippen molar-refractivity contribution in [2.45, 2.75) is 13.1 Å². The first kappa shape index (κ1) is 19.2. The molecule has 9 heteroatoms. The van der Waals surface area contributed by atoms with Gasteiger partial charge < -0.3 is 0 Å². The van der Waals surface area contributed by atoms with Crippen LogP contribution in [0.5, 0.6) is 0 Å². The number of halogens is 5. The molecular weight excluding hydrogens is 455 g/mol. The predicted molar refractivity (Wildman–Crippen MR) is 90.2 cm³/mol. The number of hydrazine groups is 1. The molecule has 0 spiro atoms. The van der Waals surface area contributed by atoms with Gasteiger partial charge in [0, 0.05) is 9.13 Å². The summed E-state index contributed by atoms with van der Waals surface area (Å²) in [6.45, 7) is 1.84. The molecule has 0 aromatic heterocycles. The second-order valence-corrected chi connectivity index (χ2v) is 6.19. The van der Waals surface area contributed by atoms with E-state index >= 15 is 0 Å². The van der Waals surface area contributed by atoms with Crippen LogP contribution in [0.3, 0.4) is 0 Å². The summed E-state index contributed by atoms with van der Waals surface area (Å²) >= 11 is 2.01. The molecule has 0 unspecified atom stereocenters. The molecule has 2 aromatic carbocycles. The van der Waals surface area contributed by atoms with E-state index in [1.807, 2.05) is 34.9 Å². The van der Waals surface area contributed by atoms with Crippen molar-refractivity contribution in [1.82, 2.24) is 10.9 Å². The van der Waals surface area contributed by atoms with Gasteiger partial charge in [0.1, 0.15) is 5.82 Å². The number of rotatable bonds is 2. The Labute approximate surface area is 153 Å². The van der Waals surface area contributed by atoms with E-state index in [0.29, 0.717) is 6.07 Å². The monoisotopic (exact) mass is 466 g/mol. The number of carbonyl (C=O) groups is 2. The quantitative estimate of drug-likeness (QED) is 0.402. The average Bonchev–Trinajstić information content (AvgIpc) is 2.53. The summed E-state index contributed by atoms with van der Waals surface area (Å²) in [6.07, 6.45) is -4.91. The molecule has 132 valence electrons. The molecule has 2 amide bonds. The molecule has 0 bridgehead atoms. The minimum Gasteiger partial charge on any atom is -0.267 e. The highest BCUT2D eigenvalue weighted by Gasteiger charge is 2.36. The largest absolute Gasteiger partial charge is 0.417 e. The standard InChI is InChI=1S/C16H11F4IN2O2/c1-8-5-6-9(7-12(8)21)14(24)22-23-15(25)13-10(16(18,19)20)3-2-4-11(13)17/h2-7H,1H3,(H,22,24)(H,23,25). The first-order valence-corrected chi connectivity index (χ1v) is 7.91. The lowest BCUT2D eigenvalue weighted by Gasteiger charge is -2.14. The van der Waals surface area contributed by atoms with Crippen molar-refractivity contribution < 1.29 is 27.2 Å². The van der Waals surface area contributed by atoms with Crippen molar-refractivity contribution in [3.8, 4) is 0 Å². The Kier molecular flexibility index (Phi) is 5.65. The van der Waals surface area contributed by atoms with Gasteiger partial charge in [-0.15, -0.1) is 0 Å². The SMILES string of the molecule is Cc1ccc(C(=O)NNC(=O)c2c(F)cccc2C(F)(F)F)cc1I. The lowest BCUT2D eigenvalue weighted by molar-refractivity contribution is -0.138. The van der Waals surface area contributed by atoms with Crippen molar-refractivity contribution in [2.24, 2.45) is 0 Å². The maximum atomic E-state index is 13.7. The van der Waals surface area contributed by atoms with Gasteiger partial charge in [0.15, 0.2) is 0 Å². The molecule has 0 heterocycles. The number of carbonyl (C=O) groups excluding carboxylic acids is 2. The van der Waals surface area contributed by atoms with Crippen molar-refractivity contribution in [1.29, 1.82) is 0 Å². The normalized spacial score (nSPS) is 11.1. The molecule has 0 aliphatic carbocycles. The van der Waals surface area contributed by atoms with Crippen LogP contribution in [0, 0.1) is 16.3 Å². The van der Waals surface area contributed by atoms with Gasteiger partial charge >= 0.3 is 6.18 Å². The Morgan fingerprint density at radius 1 is 1.04 bits per heavy atom. The molecule has 0 aliphatic heterocycles. The number of alkyl halides is 3. The minimum absolute atomic E-state index is 0.194. The van der Waals surface area contributed by atoms with Gasteiger partial charge in [0.05, 0.1) is 11.1 Å². The van der Waals surface area contributed by atoms with Gasteiger partial charge in [-0.05, 0) is 59.3 Å². The zero-order chi connectivity index (χ0) is 18.8. The second-order valence-electron chi connectivity index (χ2n) is 5.03. The maximum absolute atomic E-state index is 13.7. The fourth-order valence-corrected chi connectivity index (χ4v) is 2.49. The van der Waals surface area contributed by atoms with Gasteiger partial charge in [-0.25, -0.2) is 4.39 Å². The highest BCUT2D eigenvalue weighted by Crippen LogP contribution is 2.32. The molecule has 0 radical (unpaired) electrons. The smallest absolute Gasteiger partial charge is 0.267 e. The second kappa shape index (κ2) is 7.38. The van der Waals surface area contributed by atoms with Crippen LogP contribution in [-0.4, -0.2) is 11.8 Å². The molecule has 4 nitrogen and oxygen atoms in total. The number of benzene rings is 2. The Morgan fingerprint density at radius 3 is 2.28 bits per heavy atom. The molecule has 0 atom stereocenters. The fourth-order valence-electron chi connectivity index (χ4n) is 1.97. The molecule has 0 aliphatic rings. The summed E-state index contributed by atoms with van der Waals surface area (Å²) in [5, 5.41) is 0. The van der Waals surface area contributed by atoms with Crippen LogP contribution < -0.4 is 10.9 Å². The van der Waals surface area contributed by atoms with E-state index in [1.54, 1.807) is 17.6 Å². The highest BCUT2D eigenvalue weighted by molar-refractivity contribution is 14.1. The van der Waals surface area contributed by atoms with Crippen molar-refractivity contribution in [2.75, 3.05) is 0 Å². The van der Waals surface area contributed by atoms with E-state index < -0.39 is 34.9 Å². The molecular formula is C16H11F4IN2O2. The first-order valence-electron chi connectivity index (χ1n) is 6.84. The number of aryl methyl sites for hydroxylation is 1. The third kappa shape index (κ3) is 4.47. The average molecular weight is 466 g/mol. The van der Waals surface area contributed by atoms with Crippen molar-refractivity contribution >= 4 is 34.4 Å². The van der Waals surface area contributed by atoms with Gasteiger partial charge in [0.25, 0.3) is 11.8 Å². The highest BCUT2D eigenvalue weighted by atomic mass is 127. The van der Waals surface area contributed by atoms with E-state index in [0.717, 1.165) is 21.3 Å². The van der Waals surface area contributed by atoms with Crippen molar-refractivity contribution in [3.63, 3.8) is 0 Å². The van der Waals surface area contributed by atoms with Crippen molar-refractivity contribution in [3.05, 3.63) is 68.0 Å². The summed E-state index contributed by atoms with van der Waals surface area (Å²) in [6, 6.07) is 6.88. The van der Waals surface area contributed by atoms with Crippen LogP contribution in [0.15, 0.2) is 36.4 Å². The summed E-state index contributed by atoms with van der Waals surface area (Å²) in [5.74, 6) is -3.48. The maximum Gasteiger partial charge on any atom is 0.417 e. The Hall–Kier alpha value is -2.17. The molecule has 2 N–H and O–H groups in total. The zero-order valence-corrected chi connectivity index (χ0v) is 14.8. The van der Waals surface area contributed by atoms with E-state index in [9.17, 15) is 27.2 Å². The minimum atomic E-state index is -4.91. The third-order valence-electron chi connectivity index (χ3n) is 3.27. The summed E-state index contributed by atoms with van der Waals surface area (Å²) < 4.78 is 53.2. The lowest BCUT2D eigenvalue weighted by Crippen LogP contribution is -2.42. The third-order valence-corrected chi connectivity index (χ3v) is 4.43.